The van der Waals surface area contributed by atoms with Gasteiger partial charge in [-0.25, -0.2) is 0 Å². The summed E-state index contributed by atoms with van der Waals surface area (Å²) in [6.45, 7) is 7.73. The van der Waals surface area contributed by atoms with E-state index >= 15 is 0 Å². The molecule has 0 amide bonds. The van der Waals surface area contributed by atoms with Gasteiger partial charge in [0.05, 0.1) is 0 Å². The lowest BCUT2D eigenvalue weighted by atomic mass is 10.4. The van der Waals surface area contributed by atoms with E-state index in [1.807, 2.05) is 26.0 Å². The van der Waals surface area contributed by atoms with E-state index in [9.17, 15) is 0 Å². The number of thioether (sulfide) groups is 1. The Bertz CT molecular complexity index is 143. The molecule has 56 valence electrons. The molecule has 0 saturated carbocycles. The van der Waals surface area contributed by atoms with Crippen LogP contribution in [-0.4, -0.2) is 5.75 Å². The molecule has 0 bridgehead atoms. The van der Waals surface area contributed by atoms with Gasteiger partial charge in [-0.05, 0) is 13.8 Å². The maximum atomic E-state index is 3.65. The van der Waals surface area contributed by atoms with Crippen LogP contribution in [0.5, 0.6) is 0 Å². The van der Waals surface area contributed by atoms with Crippen LogP contribution in [0.1, 0.15) is 13.8 Å². The predicted octanol–water partition coefficient (Wildman–Crippen LogP) is 3.39. The molecule has 0 aliphatic carbocycles. The van der Waals surface area contributed by atoms with Crippen LogP contribution in [0.4, 0.5) is 0 Å². The lowest BCUT2D eigenvalue weighted by Crippen LogP contribution is -1.71. The van der Waals surface area contributed by atoms with Gasteiger partial charge < -0.3 is 0 Å². The molecule has 0 heterocycles. The average Bonchev–Trinajstić information content (AvgIpc) is 1.98. The molecule has 0 radical (unpaired) electrons. The minimum atomic E-state index is 0.990. The molecule has 0 aliphatic rings. The molecule has 0 rings (SSSR count). The van der Waals surface area contributed by atoms with Crippen molar-refractivity contribution in [2.45, 2.75) is 13.8 Å². The first kappa shape index (κ1) is 9.57. The van der Waals surface area contributed by atoms with Gasteiger partial charge in [-0.1, -0.05) is 24.3 Å². The SMILES string of the molecule is C=CCSC(=C\C)/C=C/C. The van der Waals surface area contributed by atoms with Crippen molar-refractivity contribution in [3.63, 3.8) is 0 Å². The van der Waals surface area contributed by atoms with Crippen LogP contribution in [0.3, 0.4) is 0 Å². The maximum absolute atomic E-state index is 3.65. The minimum Gasteiger partial charge on any atom is -0.122 e. The summed E-state index contributed by atoms with van der Waals surface area (Å²) < 4.78 is 0. The fraction of sp³-hybridized carbons (Fsp3) is 0.333. The molecule has 0 atom stereocenters. The van der Waals surface area contributed by atoms with E-state index in [-0.39, 0.29) is 0 Å². The summed E-state index contributed by atoms with van der Waals surface area (Å²) in [5.41, 5.74) is 0. The van der Waals surface area contributed by atoms with Crippen LogP contribution in [0.25, 0.3) is 0 Å². The second-order valence-corrected chi connectivity index (χ2v) is 2.88. The van der Waals surface area contributed by atoms with Crippen molar-refractivity contribution in [2.24, 2.45) is 0 Å². The van der Waals surface area contributed by atoms with Gasteiger partial charge in [-0.3, -0.25) is 0 Å². The first-order valence-electron chi connectivity index (χ1n) is 3.37. The Labute approximate surface area is 67.7 Å². The molecule has 0 aromatic heterocycles. The summed E-state index contributed by atoms with van der Waals surface area (Å²) in [4.78, 5) is 1.31. The van der Waals surface area contributed by atoms with E-state index in [1.54, 1.807) is 11.8 Å². The first-order chi connectivity index (χ1) is 4.85. The molecule has 0 aromatic rings. The lowest BCUT2D eigenvalue weighted by molar-refractivity contribution is 1.65. The van der Waals surface area contributed by atoms with Gasteiger partial charge in [0, 0.05) is 10.7 Å². The zero-order valence-corrected chi connectivity index (χ0v) is 7.45. The molecule has 0 nitrogen and oxygen atoms in total. The van der Waals surface area contributed by atoms with Crippen molar-refractivity contribution in [1.82, 2.24) is 0 Å². The number of rotatable bonds is 4. The Hall–Kier alpha value is -0.430. The van der Waals surface area contributed by atoms with Crippen molar-refractivity contribution in [1.29, 1.82) is 0 Å². The van der Waals surface area contributed by atoms with E-state index in [0.29, 0.717) is 0 Å². The highest BCUT2D eigenvalue weighted by Crippen LogP contribution is 2.16. The normalized spacial score (nSPS) is 12.4. The Morgan fingerprint density at radius 1 is 1.50 bits per heavy atom. The molecule has 0 unspecified atom stereocenters. The highest BCUT2D eigenvalue weighted by atomic mass is 32.2. The van der Waals surface area contributed by atoms with Gasteiger partial charge in [0.2, 0.25) is 0 Å². The second kappa shape index (κ2) is 6.69. The summed E-state index contributed by atoms with van der Waals surface area (Å²) in [5.74, 6) is 0.990. The molecular weight excluding hydrogens is 140 g/mol. The number of hydrogen-bond donors (Lipinski definition) is 0. The van der Waals surface area contributed by atoms with Crippen molar-refractivity contribution in [3.05, 3.63) is 35.8 Å². The Morgan fingerprint density at radius 3 is 2.60 bits per heavy atom. The fourth-order valence-corrected chi connectivity index (χ4v) is 1.26. The standard InChI is InChI=1S/C9H14S/c1-4-7-9(6-3)10-8-5-2/h4-7H,2,8H2,1,3H3/b7-4+,9-6-. The highest BCUT2D eigenvalue weighted by molar-refractivity contribution is 8.03. The third kappa shape index (κ3) is 4.45. The van der Waals surface area contributed by atoms with Crippen molar-refractivity contribution in [2.75, 3.05) is 5.75 Å². The van der Waals surface area contributed by atoms with Gasteiger partial charge in [0.25, 0.3) is 0 Å². The first-order valence-corrected chi connectivity index (χ1v) is 4.36. The Kier molecular flexibility index (Phi) is 6.40. The van der Waals surface area contributed by atoms with Crippen LogP contribution < -0.4 is 0 Å². The minimum absolute atomic E-state index is 0.990. The van der Waals surface area contributed by atoms with Gasteiger partial charge in [0.1, 0.15) is 0 Å². The van der Waals surface area contributed by atoms with Crippen molar-refractivity contribution in [3.8, 4) is 0 Å². The fourth-order valence-electron chi connectivity index (χ4n) is 0.547. The summed E-state index contributed by atoms with van der Waals surface area (Å²) in [6.07, 6.45) is 8.17. The van der Waals surface area contributed by atoms with Crippen LogP contribution in [-0.2, 0) is 0 Å². The number of allylic oxidation sites excluding steroid dienone is 3. The van der Waals surface area contributed by atoms with E-state index in [0.717, 1.165) is 5.75 Å². The molecule has 0 aromatic carbocycles. The lowest BCUT2D eigenvalue weighted by Gasteiger charge is -1.95. The Morgan fingerprint density at radius 2 is 2.20 bits per heavy atom. The molecular formula is C9H14S. The van der Waals surface area contributed by atoms with Gasteiger partial charge in [-0.2, -0.15) is 0 Å². The number of hydrogen-bond acceptors (Lipinski definition) is 1. The van der Waals surface area contributed by atoms with E-state index in [1.165, 1.54) is 4.91 Å². The van der Waals surface area contributed by atoms with E-state index in [4.69, 9.17) is 0 Å². The average molecular weight is 154 g/mol. The van der Waals surface area contributed by atoms with E-state index in [2.05, 4.69) is 18.7 Å². The zero-order valence-electron chi connectivity index (χ0n) is 6.63. The summed E-state index contributed by atoms with van der Waals surface area (Å²) in [6, 6.07) is 0. The Balaban J connectivity index is 3.73. The van der Waals surface area contributed by atoms with Crippen LogP contribution in [0, 0.1) is 0 Å². The molecule has 0 aliphatic heterocycles. The smallest absolute Gasteiger partial charge is 0.0158 e. The molecule has 1 heteroatoms. The summed E-state index contributed by atoms with van der Waals surface area (Å²) >= 11 is 1.80. The molecule has 0 fully saturated rings. The van der Waals surface area contributed by atoms with Gasteiger partial charge in [-0.15, -0.1) is 18.3 Å². The predicted molar refractivity (Wildman–Crippen MR) is 51.2 cm³/mol. The summed E-state index contributed by atoms with van der Waals surface area (Å²) in [5, 5.41) is 0. The van der Waals surface area contributed by atoms with Crippen LogP contribution in [0.2, 0.25) is 0 Å². The van der Waals surface area contributed by atoms with E-state index < -0.39 is 0 Å². The zero-order chi connectivity index (χ0) is 7.82. The maximum Gasteiger partial charge on any atom is 0.0158 e. The largest absolute Gasteiger partial charge is 0.122 e. The van der Waals surface area contributed by atoms with Gasteiger partial charge >= 0.3 is 0 Å². The third-order valence-corrected chi connectivity index (χ3v) is 2.09. The third-order valence-electron chi connectivity index (χ3n) is 0.983. The van der Waals surface area contributed by atoms with Gasteiger partial charge in [0.15, 0.2) is 0 Å². The van der Waals surface area contributed by atoms with Crippen LogP contribution >= 0.6 is 11.8 Å². The molecule has 0 saturated heterocycles. The van der Waals surface area contributed by atoms with Crippen molar-refractivity contribution < 1.29 is 0 Å². The second-order valence-electron chi connectivity index (χ2n) is 1.79. The monoisotopic (exact) mass is 154 g/mol. The molecule has 10 heavy (non-hydrogen) atoms. The topological polar surface area (TPSA) is 0 Å². The highest BCUT2D eigenvalue weighted by Gasteiger charge is 1.86. The molecule has 0 spiro atoms. The van der Waals surface area contributed by atoms with Crippen molar-refractivity contribution >= 4 is 11.8 Å². The van der Waals surface area contributed by atoms with Crippen LogP contribution in [0.15, 0.2) is 35.8 Å². The molecule has 0 N–H and O–H groups in total. The summed E-state index contributed by atoms with van der Waals surface area (Å²) in [7, 11) is 0. The quantitative estimate of drug-likeness (QED) is 0.442.